The van der Waals surface area contributed by atoms with Crippen molar-refractivity contribution < 1.29 is 9.42 Å². The highest BCUT2D eigenvalue weighted by atomic mass is 32.2. The van der Waals surface area contributed by atoms with Crippen LogP contribution >= 0.6 is 0 Å². The van der Waals surface area contributed by atoms with Crippen molar-refractivity contribution in [2.45, 2.75) is 11.8 Å². The van der Waals surface area contributed by atoms with Crippen LogP contribution in [0.1, 0.15) is 11.1 Å². The van der Waals surface area contributed by atoms with Crippen molar-refractivity contribution in [3.8, 4) is 0 Å². The molecule has 0 spiro atoms. The van der Waals surface area contributed by atoms with Gasteiger partial charge in [-0.3, -0.25) is 4.21 Å². The molecule has 0 aliphatic rings. The molecule has 0 heterocycles. The molecule has 19 heavy (non-hydrogen) atoms. The molecule has 2 aromatic carbocycles. The van der Waals surface area contributed by atoms with Crippen LogP contribution in [0.2, 0.25) is 0 Å². The van der Waals surface area contributed by atoms with Crippen molar-refractivity contribution in [1.82, 2.24) is 0 Å². The molecule has 3 nitrogen and oxygen atoms in total. The Bertz CT molecular complexity index is 591. The van der Waals surface area contributed by atoms with E-state index in [1.54, 1.807) is 0 Å². The monoisotopic (exact) mass is 273 g/mol. The Hall–Kier alpha value is -1.94. The van der Waals surface area contributed by atoms with Crippen LogP contribution in [0.15, 0.2) is 64.6 Å². The smallest absolute Gasteiger partial charge is 0.0996 e. The third kappa shape index (κ3) is 3.51. The molecule has 2 rings (SSSR count). The number of hydrogen-bond acceptors (Lipinski definition) is 3. The van der Waals surface area contributed by atoms with Gasteiger partial charge < -0.3 is 5.21 Å². The summed E-state index contributed by atoms with van der Waals surface area (Å²) in [5.41, 5.74) is 2.34. The third-order valence-corrected chi connectivity index (χ3v) is 4.11. The lowest BCUT2D eigenvalue weighted by molar-refractivity contribution is 0.319. The predicted octanol–water partition coefficient (Wildman–Crippen LogP) is 2.98. The van der Waals surface area contributed by atoms with E-state index in [0.29, 0.717) is 5.71 Å². The maximum Gasteiger partial charge on any atom is 0.0996 e. The number of hydrogen-bond donors (Lipinski definition) is 1. The molecule has 2 aromatic rings. The van der Waals surface area contributed by atoms with Crippen LogP contribution in [0.25, 0.3) is 0 Å². The summed E-state index contributed by atoms with van der Waals surface area (Å²) < 4.78 is 12.2. The molecule has 4 heteroatoms. The van der Waals surface area contributed by atoms with Crippen molar-refractivity contribution >= 4 is 16.5 Å². The topological polar surface area (TPSA) is 49.7 Å². The Balaban J connectivity index is 2.16. The Morgan fingerprint density at radius 3 is 2.32 bits per heavy atom. The average molecular weight is 273 g/mol. The first kappa shape index (κ1) is 13.5. The molecule has 1 atom stereocenters. The fourth-order valence-electron chi connectivity index (χ4n) is 1.70. The van der Waals surface area contributed by atoms with Gasteiger partial charge in [-0.1, -0.05) is 53.2 Å². The Morgan fingerprint density at radius 1 is 1.11 bits per heavy atom. The van der Waals surface area contributed by atoms with Gasteiger partial charge in [0.1, 0.15) is 0 Å². The highest BCUT2D eigenvalue weighted by Gasteiger charge is 2.11. The molecule has 0 bridgehead atoms. The van der Waals surface area contributed by atoms with Crippen LogP contribution in [0.5, 0.6) is 0 Å². The molecule has 0 saturated carbocycles. The minimum Gasteiger partial charge on any atom is -0.411 e. The van der Waals surface area contributed by atoms with Gasteiger partial charge >= 0.3 is 0 Å². The molecule has 0 amide bonds. The fourth-order valence-corrected chi connectivity index (χ4v) is 2.78. The number of benzene rings is 2. The number of rotatable bonds is 4. The molecule has 98 valence electrons. The lowest BCUT2D eigenvalue weighted by Crippen LogP contribution is -2.12. The van der Waals surface area contributed by atoms with Gasteiger partial charge in [-0.05, 0) is 19.1 Å². The standard InChI is InChI=1S/C15H15NO2S/c1-12-7-9-14(10-8-12)19(18)11-15(16-17)13-5-3-2-4-6-13/h2-10,17H,11H2,1H3/b16-15-. The van der Waals surface area contributed by atoms with Crippen molar-refractivity contribution in [3.63, 3.8) is 0 Å². The zero-order valence-corrected chi connectivity index (χ0v) is 11.4. The van der Waals surface area contributed by atoms with Crippen LogP contribution in [0.3, 0.4) is 0 Å². The van der Waals surface area contributed by atoms with E-state index in [2.05, 4.69) is 5.16 Å². The predicted molar refractivity (Wildman–Crippen MR) is 77.2 cm³/mol. The molecular formula is C15H15NO2S. The highest BCUT2D eigenvalue weighted by molar-refractivity contribution is 7.85. The van der Waals surface area contributed by atoms with E-state index in [4.69, 9.17) is 5.21 Å². The van der Waals surface area contributed by atoms with Gasteiger partial charge in [0.25, 0.3) is 0 Å². The van der Waals surface area contributed by atoms with Crippen LogP contribution in [0.4, 0.5) is 0 Å². The van der Waals surface area contributed by atoms with Crippen molar-refractivity contribution in [2.24, 2.45) is 5.16 Å². The summed E-state index contributed by atoms with van der Waals surface area (Å²) in [5.74, 6) is 0.198. The summed E-state index contributed by atoms with van der Waals surface area (Å²) in [6.45, 7) is 1.98. The van der Waals surface area contributed by atoms with E-state index in [9.17, 15) is 4.21 Å². The van der Waals surface area contributed by atoms with Crippen molar-refractivity contribution in [1.29, 1.82) is 0 Å². The number of nitrogens with zero attached hydrogens (tertiary/aromatic N) is 1. The SMILES string of the molecule is Cc1ccc(S(=O)C/C(=N/O)c2ccccc2)cc1. The van der Waals surface area contributed by atoms with E-state index in [-0.39, 0.29) is 5.75 Å². The van der Waals surface area contributed by atoms with E-state index in [1.807, 2.05) is 61.5 Å². The molecule has 0 radical (unpaired) electrons. The molecular weight excluding hydrogens is 258 g/mol. The Kier molecular flexibility index (Phi) is 4.47. The van der Waals surface area contributed by atoms with Crippen LogP contribution in [0, 0.1) is 6.92 Å². The van der Waals surface area contributed by atoms with Gasteiger partial charge in [-0.15, -0.1) is 0 Å². The van der Waals surface area contributed by atoms with E-state index in [1.165, 1.54) is 0 Å². The molecule has 0 saturated heterocycles. The fraction of sp³-hybridized carbons (Fsp3) is 0.133. The van der Waals surface area contributed by atoms with E-state index >= 15 is 0 Å². The summed E-state index contributed by atoms with van der Waals surface area (Å²) in [7, 11) is -1.21. The number of oxime groups is 1. The summed E-state index contributed by atoms with van der Waals surface area (Å²) in [6, 6.07) is 16.8. The first-order valence-electron chi connectivity index (χ1n) is 5.92. The van der Waals surface area contributed by atoms with Crippen molar-refractivity contribution in [3.05, 3.63) is 65.7 Å². The lowest BCUT2D eigenvalue weighted by atomic mass is 10.1. The Morgan fingerprint density at radius 2 is 1.74 bits per heavy atom. The minimum atomic E-state index is -1.21. The van der Waals surface area contributed by atoms with E-state index in [0.717, 1.165) is 16.0 Å². The zero-order valence-electron chi connectivity index (χ0n) is 10.6. The molecule has 0 fully saturated rings. The second kappa shape index (κ2) is 6.29. The Labute approximate surface area is 115 Å². The van der Waals surface area contributed by atoms with Crippen LogP contribution in [-0.2, 0) is 10.8 Å². The normalized spacial score (nSPS) is 13.2. The first-order valence-corrected chi connectivity index (χ1v) is 7.24. The summed E-state index contributed by atoms with van der Waals surface area (Å²) >= 11 is 0. The molecule has 0 aliphatic carbocycles. The first-order chi connectivity index (χ1) is 9.20. The van der Waals surface area contributed by atoms with Gasteiger partial charge in [0.15, 0.2) is 0 Å². The maximum absolute atomic E-state index is 12.2. The van der Waals surface area contributed by atoms with Gasteiger partial charge in [0.2, 0.25) is 0 Å². The van der Waals surface area contributed by atoms with Gasteiger partial charge in [0.05, 0.1) is 22.3 Å². The zero-order chi connectivity index (χ0) is 13.7. The van der Waals surface area contributed by atoms with E-state index < -0.39 is 10.8 Å². The van der Waals surface area contributed by atoms with Gasteiger partial charge in [0, 0.05) is 10.5 Å². The van der Waals surface area contributed by atoms with Crippen LogP contribution in [-0.4, -0.2) is 20.9 Å². The van der Waals surface area contributed by atoms with Crippen molar-refractivity contribution in [2.75, 3.05) is 5.75 Å². The average Bonchev–Trinajstić information content (AvgIpc) is 2.46. The molecule has 0 aliphatic heterocycles. The lowest BCUT2D eigenvalue weighted by Gasteiger charge is -2.05. The van der Waals surface area contributed by atoms with Crippen LogP contribution < -0.4 is 0 Å². The summed E-state index contributed by atoms with van der Waals surface area (Å²) in [5, 5.41) is 12.3. The van der Waals surface area contributed by atoms with Gasteiger partial charge in [-0.2, -0.15) is 0 Å². The molecule has 1 N–H and O–H groups in total. The largest absolute Gasteiger partial charge is 0.411 e. The summed E-state index contributed by atoms with van der Waals surface area (Å²) in [6.07, 6.45) is 0. The summed E-state index contributed by atoms with van der Waals surface area (Å²) in [4.78, 5) is 0.739. The minimum absolute atomic E-state index is 0.198. The quantitative estimate of drug-likeness (QED) is 0.529. The maximum atomic E-state index is 12.2. The molecule has 0 aromatic heterocycles. The number of aryl methyl sites for hydroxylation is 1. The third-order valence-electron chi connectivity index (χ3n) is 2.78. The molecule has 1 unspecified atom stereocenters. The highest BCUT2D eigenvalue weighted by Crippen LogP contribution is 2.11. The van der Waals surface area contributed by atoms with Gasteiger partial charge in [-0.25, -0.2) is 0 Å². The second-order valence-electron chi connectivity index (χ2n) is 4.22. The second-order valence-corrected chi connectivity index (χ2v) is 5.67.